The molecule has 3 nitrogen and oxygen atoms in total. The maximum absolute atomic E-state index is 8.48. The van der Waals surface area contributed by atoms with Crippen LogP contribution in [0.2, 0.25) is 0 Å². The second-order valence-electron chi connectivity index (χ2n) is 1.88. The second kappa shape index (κ2) is 8.85. The quantitative estimate of drug-likeness (QED) is 0.481. The molecule has 5 heteroatoms. The van der Waals surface area contributed by atoms with Gasteiger partial charge in [0.25, 0.3) is 8.25 Å². The number of rotatable bonds is 0. The molecule has 1 aromatic carbocycles. The average Bonchev–Trinajstić information content (AvgIpc) is 1.87. The minimum absolute atomic E-state index is 0. The van der Waals surface area contributed by atoms with E-state index in [1.54, 1.807) is 0 Å². The zero-order valence-electron chi connectivity index (χ0n) is 6.36. The van der Waals surface area contributed by atoms with Crippen molar-refractivity contribution >= 4 is 8.25 Å². The molecule has 0 fully saturated rings. The van der Waals surface area contributed by atoms with Crippen LogP contribution in [0.3, 0.4) is 0 Å². The van der Waals surface area contributed by atoms with Crippen molar-refractivity contribution in [3.05, 3.63) is 35.9 Å². The largest absolute Gasteiger partial charge is 2.00 e. The van der Waals surface area contributed by atoms with Gasteiger partial charge in [-0.2, -0.15) is 0 Å². The predicted octanol–water partition coefficient (Wildman–Crippen LogP) is 0.357. The maximum Gasteiger partial charge on any atom is 2.00 e. The molecule has 1 aromatic rings. The van der Waals surface area contributed by atoms with E-state index in [0.717, 1.165) is 0 Å². The molecule has 0 bridgehead atoms. The molecule has 0 saturated carbocycles. The Bertz CT molecular complexity index is 211. The fourth-order valence-electron chi connectivity index (χ4n) is 0.534. The molecule has 0 aliphatic carbocycles. The van der Waals surface area contributed by atoms with E-state index >= 15 is 0 Å². The Hall–Kier alpha value is -0.241. The molecular formula is C7H8CuO3P+. The van der Waals surface area contributed by atoms with Crippen molar-refractivity contribution in [3.63, 3.8) is 0 Å². The van der Waals surface area contributed by atoms with Gasteiger partial charge in [0.2, 0.25) is 0 Å². The first kappa shape index (κ1) is 14.3. The van der Waals surface area contributed by atoms with Crippen LogP contribution in [0, 0.1) is 6.92 Å². The van der Waals surface area contributed by atoms with Crippen LogP contribution in [0.25, 0.3) is 0 Å². The summed E-state index contributed by atoms with van der Waals surface area (Å²) >= 11 is 0. The van der Waals surface area contributed by atoms with E-state index in [4.69, 9.17) is 14.4 Å². The van der Waals surface area contributed by atoms with Crippen LogP contribution in [0.15, 0.2) is 30.3 Å². The van der Waals surface area contributed by atoms with Gasteiger partial charge in [0.15, 0.2) is 0 Å². The summed E-state index contributed by atoms with van der Waals surface area (Å²) in [5, 5.41) is 0. The molecule has 0 atom stereocenters. The van der Waals surface area contributed by atoms with Crippen molar-refractivity contribution in [1.82, 2.24) is 0 Å². The van der Waals surface area contributed by atoms with Gasteiger partial charge >= 0.3 is 17.1 Å². The van der Waals surface area contributed by atoms with Gasteiger partial charge in [-0.25, -0.2) is 0 Å². The van der Waals surface area contributed by atoms with Crippen molar-refractivity contribution < 1.29 is 31.4 Å². The van der Waals surface area contributed by atoms with Gasteiger partial charge in [-0.1, -0.05) is 40.5 Å². The molecule has 0 N–H and O–H groups in total. The molecular weight excluding hydrogens is 227 g/mol. The molecule has 0 aromatic heterocycles. The van der Waals surface area contributed by atoms with Crippen molar-refractivity contribution in [2.75, 3.05) is 0 Å². The Morgan fingerprint density at radius 1 is 1.17 bits per heavy atom. The minimum atomic E-state index is -3.37. The Kier molecular flexibility index (Phi) is 10.5. The standard InChI is InChI=1S/C7H8.Cu.HO3P/c1-7-5-3-2-4-6-7;;1-4(2)3/h2-6H,1H3;;(H,1,2,3)/q;+2;/p-1. The van der Waals surface area contributed by atoms with E-state index in [0.29, 0.717) is 0 Å². The molecule has 0 aliphatic heterocycles. The third-order valence-corrected chi connectivity index (χ3v) is 0.940. The first-order valence-electron chi connectivity index (χ1n) is 2.96. The molecule has 1 radical (unpaired) electrons. The van der Waals surface area contributed by atoms with Gasteiger partial charge in [0, 0.05) is 0 Å². The van der Waals surface area contributed by atoms with Gasteiger partial charge in [0.1, 0.15) is 0 Å². The zero-order valence-corrected chi connectivity index (χ0v) is 8.20. The first-order chi connectivity index (χ1) is 5.13. The van der Waals surface area contributed by atoms with Crippen LogP contribution in [-0.4, -0.2) is 0 Å². The van der Waals surface area contributed by atoms with Gasteiger partial charge < -0.3 is 9.79 Å². The van der Waals surface area contributed by atoms with Gasteiger partial charge in [-0.3, -0.25) is 0 Å². The molecule has 0 aliphatic rings. The Morgan fingerprint density at radius 2 is 1.50 bits per heavy atom. The molecule has 0 saturated heterocycles. The molecule has 1 rings (SSSR count). The smallest absolute Gasteiger partial charge is 0.598 e. The van der Waals surface area contributed by atoms with Crippen LogP contribution < -0.4 is 9.79 Å². The predicted molar refractivity (Wildman–Crippen MR) is 38.8 cm³/mol. The second-order valence-corrected chi connectivity index (χ2v) is 2.33. The van der Waals surface area contributed by atoms with E-state index in [1.165, 1.54) is 5.56 Å². The van der Waals surface area contributed by atoms with Crippen LogP contribution in [0.5, 0.6) is 0 Å². The summed E-state index contributed by atoms with van der Waals surface area (Å²) in [6, 6.07) is 10.3. The fraction of sp³-hybridized carbons (Fsp3) is 0.143. The van der Waals surface area contributed by atoms with Gasteiger partial charge in [-0.05, 0) is 6.92 Å². The van der Waals surface area contributed by atoms with Gasteiger partial charge in [-0.15, -0.1) is 0 Å². The van der Waals surface area contributed by atoms with Crippen LogP contribution in [0.1, 0.15) is 5.56 Å². The fourth-order valence-corrected chi connectivity index (χ4v) is 0.534. The third-order valence-electron chi connectivity index (χ3n) is 0.940. The number of hydrogen-bond donors (Lipinski definition) is 0. The van der Waals surface area contributed by atoms with Crippen LogP contribution in [-0.2, 0) is 21.6 Å². The number of aryl methyl sites for hydroxylation is 1. The molecule has 12 heavy (non-hydrogen) atoms. The SMILES string of the molecule is Cc1ccccc1.O=[P+]([O-])[O-].[Cu+2]. The third kappa shape index (κ3) is 12.4. The monoisotopic (exact) mass is 234 g/mol. The van der Waals surface area contributed by atoms with Crippen molar-refractivity contribution in [2.45, 2.75) is 6.92 Å². The summed E-state index contributed by atoms with van der Waals surface area (Å²) in [7, 11) is -3.37. The van der Waals surface area contributed by atoms with E-state index in [1.807, 2.05) is 18.2 Å². The topological polar surface area (TPSA) is 63.2 Å². The summed E-state index contributed by atoms with van der Waals surface area (Å²) < 4.78 is 8.48. The molecule has 0 unspecified atom stereocenters. The molecule has 0 heterocycles. The van der Waals surface area contributed by atoms with Crippen molar-refractivity contribution in [2.24, 2.45) is 0 Å². The number of hydrogen-bond acceptors (Lipinski definition) is 3. The maximum atomic E-state index is 8.48. The van der Waals surface area contributed by atoms with Crippen LogP contribution >= 0.6 is 8.25 Å². The first-order valence-corrected chi connectivity index (χ1v) is 4.05. The minimum Gasteiger partial charge on any atom is -0.598 e. The van der Waals surface area contributed by atoms with E-state index < -0.39 is 8.25 Å². The average molecular weight is 235 g/mol. The van der Waals surface area contributed by atoms with E-state index in [-0.39, 0.29) is 17.1 Å². The summed E-state index contributed by atoms with van der Waals surface area (Å²) in [5.74, 6) is 0. The summed E-state index contributed by atoms with van der Waals surface area (Å²) in [6.45, 7) is 2.08. The zero-order chi connectivity index (χ0) is 8.69. The summed E-state index contributed by atoms with van der Waals surface area (Å²) in [4.78, 5) is 17.0. The normalized spacial score (nSPS) is 7.25. The summed E-state index contributed by atoms with van der Waals surface area (Å²) in [5.41, 5.74) is 1.32. The Balaban J connectivity index is 0. The Morgan fingerprint density at radius 3 is 1.67 bits per heavy atom. The Labute approximate surface area is 82.9 Å². The van der Waals surface area contributed by atoms with Crippen molar-refractivity contribution in [3.8, 4) is 0 Å². The molecule has 0 spiro atoms. The van der Waals surface area contributed by atoms with E-state index in [2.05, 4.69) is 19.1 Å². The van der Waals surface area contributed by atoms with Crippen molar-refractivity contribution in [1.29, 1.82) is 0 Å². The molecule has 69 valence electrons. The molecule has 0 amide bonds. The van der Waals surface area contributed by atoms with Crippen LogP contribution in [0.4, 0.5) is 0 Å². The summed E-state index contributed by atoms with van der Waals surface area (Å²) in [6.07, 6.45) is 0. The number of benzene rings is 1. The van der Waals surface area contributed by atoms with E-state index in [9.17, 15) is 0 Å². The van der Waals surface area contributed by atoms with Gasteiger partial charge in [0.05, 0.1) is 0 Å².